The van der Waals surface area contributed by atoms with Gasteiger partial charge in [0.05, 0.1) is 12.2 Å². The highest BCUT2D eigenvalue weighted by molar-refractivity contribution is 7.71. The largest absolute Gasteiger partial charge is 0.337 e. The first-order chi connectivity index (χ1) is 9.61. The van der Waals surface area contributed by atoms with Gasteiger partial charge in [-0.25, -0.2) is 4.98 Å². The molecular formula is C13H18N6S. The third-order valence-corrected chi connectivity index (χ3v) is 3.85. The van der Waals surface area contributed by atoms with Gasteiger partial charge in [0.25, 0.3) is 0 Å². The molecule has 3 aromatic heterocycles. The molecule has 0 saturated heterocycles. The summed E-state index contributed by atoms with van der Waals surface area (Å²) in [4.78, 5) is 7.65. The molecule has 3 aromatic rings. The van der Waals surface area contributed by atoms with Crippen LogP contribution >= 0.6 is 12.2 Å². The first-order valence-electron chi connectivity index (χ1n) is 6.72. The summed E-state index contributed by atoms with van der Waals surface area (Å²) >= 11 is 5.46. The van der Waals surface area contributed by atoms with Crippen molar-refractivity contribution in [3.63, 3.8) is 0 Å². The van der Waals surface area contributed by atoms with Crippen molar-refractivity contribution >= 4 is 23.4 Å². The van der Waals surface area contributed by atoms with Crippen LogP contribution in [0.5, 0.6) is 0 Å². The van der Waals surface area contributed by atoms with Gasteiger partial charge in [0, 0.05) is 26.5 Å². The van der Waals surface area contributed by atoms with Gasteiger partial charge in [-0.05, 0) is 18.6 Å². The van der Waals surface area contributed by atoms with Crippen molar-refractivity contribution in [1.29, 1.82) is 0 Å². The van der Waals surface area contributed by atoms with E-state index in [1.54, 1.807) is 6.20 Å². The van der Waals surface area contributed by atoms with Crippen molar-refractivity contribution in [2.24, 2.45) is 14.1 Å². The van der Waals surface area contributed by atoms with Crippen molar-refractivity contribution < 1.29 is 0 Å². The molecule has 0 aliphatic carbocycles. The number of nitrogens with zero attached hydrogens (tertiary/aromatic N) is 5. The molecule has 0 aliphatic heterocycles. The predicted molar refractivity (Wildman–Crippen MR) is 80.2 cm³/mol. The van der Waals surface area contributed by atoms with E-state index in [1.807, 2.05) is 29.5 Å². The van der Waals surface area contributed by atoms with E-state index >= 15 is 0 Å². The molecule has 0 radical (unpaired) electrons. The Hall–Kier alpha value is -1.89. The molecule has 0 unspecified atom stereocenters. The van der Waals surface area contributed by atoms with E-state index in [2.05, 4.69) is 26.6 Å². The fourth-order valence-corrected chi connectivity index (χ4v) is 2.78. The Bertz CT molecular complexity index is 803. The maximum atomic E-state index is 5.46. The highest BCUT2D eigenvalue weighted by Crippen LogP contribution is 2.19. The van der Waals surface area contributed by atoms with Gasteiger partial charge in [-0.15, -0.1) is 0 Å². The molecular weight excluding hydrogens is 272 g/mol. The van der Waals surface area contributed by atoms with Crippen LogP contribution in [0, 0.1) is 4.77 Å². The lowest BCUT2D eigenvalue weighted by Gasteiger charge is -2.05. The molecule has 3 heterocycles. The summed E-state index contributed by atoms with van der Waals surface area (Å²) in [6.07, 6.45) is 5.76. The standard InChI is InChI=1S/C13H18N6S/c1-4-5-9-11-12(18(3)16-9)19(13(20)15-11)8-10-14-6-7-17(10)2/h6-7H,4-5,8H2,1-3H3,(H,15,20). The highest BCUT2D eigenvalue weighted by atomic mass is 32.1. The highest BCUT2D eigenvalue weighted by Gasteiger charge is 2.15. The maximum Gasteiger partial charge on any atom is 0.179 e. The van der Waals surface area contributed by atoms with E-state index in [9.17, 15) is 0 Å². The second-order valence-electron chi connectivity index (χ2n) is 4.99. The van der Waals surface area contributed by atoms with Gasteiger partial charge >= 0.3 is 0 Å². The number of rotatable bonds is 4. The lowest BCUT2D eigenvalue weighted by atomic mass is 10.2. The summed E-state index contributed by atoms with van der Waals surface area (Å²) in [5.74, 6) is 0.972. The molecule has 0 saturated carbocycles. The fraction of sp³-hybridized carbons (Fsp3) is 0.462. The Morgan fingerprint density at radius 2 is 2.15 bits per heavy atom. The van der Waals surface area contributed by atoms with Crippen LogP contribution in [-0.2, 0) is 27.1 Å². The summed E-state index contributed by atoms with van der Waals surface area (Å²) in [7, 11) is 3.95. The smallest absolute Gasteiger partial charge is 0.179 e. The third kappa shape index (κ3) is 1.98. The lowest BCUT2D eigenvalue weighted by Crippen LogP contribution is -2.08. The molecule has 0 aromatic carbocycles. The van der Waals surface area contributed by atoms with E-state index in [0.717, 1.165) is 35.5 Å². The Kier molecular flexibility index (Phi) is 3.21. The van der Waals surface area contributed by atoms with E-state index in [4.69, 9.17) is 12.2 Å². The number of hydrogen-bond donors (Lipinski definition) is 1. The zero-order valence-electron chi connectivity index (χ0n) is 11.9. The molecule has 0 atom stereocenters. The Balaban J connectivity index is 2.13. The summed E-state index contributed by atoms with van der Waals surface area (Å²) in [6.45, 7) is 2.80. The van der Waals surface area contributed by atoms with Crippen molar-refractivity contribution in [3.8, 4) is 0 Å². The van der Waals surface area contributed by atoms with Crippen LogP contribution < -0.4 is 0 Å². The van der Waals surface area contributed by atoms with Crippen LogP contribution in [0.1, 0.15) is 24.9 Å². The van der Waals surface area contributed by atoms with Crippen molar-refractivity contribution in [3.05, 3.63) is 28.7 Å². The summed E-state index contributed by atoms with van der Waals surface area (Å²) in [6, 6.07) is 0. The molecule has 0 bridgehead atoms. The number of H-pyrrole nitrogens is 1. The van der Waals surface area contributed by atoms with Gasteiger partial charge in [-0.1, -0.05) is 13.3 Å². The molecule has 106 valence electrons. The van der Waals surface area contributed by atoms with Crippen LogP contribution in [0.15, 0.2) is 12.4 Å². The quantitative estimate of drug-likeness (QED) is 0.749. The number of hydrogen-bond acceptors (Lipinski definition) is 3. The zero-order valence-corrected chi connectivity index (χ0v) is 12.7. The summed E-state index contributed by atoms with van der Waals surface area (Å²) in [5, 5.41) is 4.58. The fourth-order valence-electron chi connectivity index (χ4n) is 2.53. The van der Waals surface area contributed by atoms with E-state index in [-0.39, 0.29) is 0 Å². The average molecular weight is 290 g/mol. The first-order valence-corrected chi connectivity index (χ1v) is 7.13. The van der Waals surface area contributed by atoms with Gasteiger partial charge in [0.15, 0.2) is 10.4 Å². The molecule has 0 fully saturated rings. The summed E-state index contributed by atoms with van der Waals surface area (Å²) in [5.41, 5.74) is 3.16. The van der Waals surface area contributed by atoms with Crippen molar-refractivity contribution in [2.75, 3.05) is 0 Å². The van der Waals surface area contributed by atoms with Crippen LogP contribution in [0.4, 0.5) is 0 Å². The Morgan fingerprint density at radius 1 is 1.35 bits per heavy atom. The van der Waals surface area contributed by atoms with Gasteiger partial charge in [0.1, 0.15) is 11.3 Å². The number of fused-ring (bicyclic) bond motifs is 1. The number of imidazole rings is 2. The molecule has 3 rings (SSSR count). The molecule has 6 nitrogen and oxygen atoms in total. The van der Waals surface area contributed by atoms with Crippen LogP contribution in [0.2, 0.25) is 0 Å². The van der Waals surface area contributed by atoms with Gasteiger partial charge in [0.2, 0.25) is 0 Å². The van der Waals surface area contributed by atoms with Gasteiger partial charge in [-0.2, -0.15) is 5.10 Å². The van der Waals surface area contributed by atoms with Crippen molar-refractivity contribution in [2.45, 2.75) is 26.3 Å². The van der Waals surface area contributed by atoms with Crippen molar-refractivity contribution in [1.82, 2.24) is 28.9 Å². The Labute approximate surface area is 122 Å². The molecule has 0 amide bonds. The molecule has 1 N–H and O–H groups in total. The van der Waals surface area contributed by atoms with E-state index in [1.165, 1.54) is 0 Å². The van der Waals surface area contributed by atoms with Crippen LogP contribution in [0.3, 0.4) is 0 Å². The maximum absolute atomic E-state index is 5.46. The predicted octanol–water partition coefficient (Wildman–Crippen LogP) is 2.17. The minimum absolute atomic E-state index is 0.646. The molecule has 0 aliphatic rings. The normalized spacial score (nSPS) is 11.6. The first kappa shape index (κ1) is 13.1. The van der Waals surface area contributed by atoms with Gasteiger partial charge in [-0.3, -0.25) is 9.25 Å². The van der Waals surface area contributed by atoms with E-state index in [0.29, 0.717) is 11.3 Å². The number of nitrogens with one attached hydrogen (secondary N) is 1. The molecule has 0 spiro atoms. The van der Waals surface area contributed by atoms with Gasteiger partial charge < -0.3 is 9.55 Å². The molecule has 20 heavy (non-hydrogen) atoms. The molecule has 7 heteroatoms. The third-order valence-electron chi connectivity index (χ3n) is 3.53. The second-order valence-corrected chi connectivity index (χ2v) is 5.38. The number of aryl methyl sites for hydroxylation is 3. The monoisotopic (exact) mass is 290 g/mol. The zero-order chi connectivity index (χ0) is 14.3. The Morgan fingerprint density at radius 3 is 2.80 bits per heavy atom. The topological polar surface area (TPSA) is 56.4 Å². The minimum atomic E-state index is 0.646. The minimum Gasteiger partial charge on any atom is -0.337 e. The SMILES string of the molecule is CCCc1nn(C)c2c1[nH]c(=S)n2Cc1nccn1C. The second kappa shape index (κ2) is 4.90. The summed E-state index contributed by atoms with van der Waals surface area (Å²) < 4.78 is 6.67. The average Bonchev–Trinajstić information content (AvgIpc) is 3.02. The van der Waals surface area contributed by atoms with E-state index < -0.39 is 0 Å². The van der Waals surface area contributed by atoms with Crippen LogP contribution in [0.25, 0.3) is 11.2 Å². The number of aromatic amines is 1. The number of aromatic nitrogens is 6. The lowest BCUT2D eigenvalue weighted by molar-refractivity contribution is 0.668. The van der Waals surface area contributed by atoms with Crippen LogP contribution in [-0.4, -0.2) is 28.9 Å².